The van der Waals surface area contributed by atoms with E-state index in [9.17, 15) is 4.79 Å². The number of carbonyl (C=O) groups excluding carboxylic acids is 1. The summed E-state index contributed by atoms with van der Waals surface area (Å²) in [6.07, 6.45) is 8.29. The van der Waals surface area contributed by atoms with Crippen LogP contribution in [0.1, 0.15) is 11.1 Å². The van der Waals surface area contributed by atoms with E-state index in [1.807, 2.05) is 24.3 Å². The molecule has 3 N–H and O–H groups in total. The smallest absolute Gasteiger partial charge is 0.241 e. The average molecular weight is 339 g/mol. The Morgan fingerprint density at radius 3 is 2.77 bits per heavy atom. The van der Waals surface area contributed by atoms with Gasteiger partial charge in [-0.15, -0.1) is 0 Å². The maximum Gasteiger partial charge on any atom is 0.241 e. The number of benzene rings is 1. The van der Waals surface area contributed by atoms with E-state index in [1.165, 1.54) is 6.08 Å². The van der Waals surface area contributed by atoms with Crippen LogP contribution in [-0.2, 0) is 4.79 Å². The molecule has 0 unspecified atom stereocenters. The fourth-order valence-electron chi connectivity index (χ4n) is 2.85. The Bertz CT molecular complexity index is 1230. The second-order valence-corrected chi connectivity index (χ2v) is 5.84. The number of nitrogens with zero attached hydrogens (tertiary/aromatic N) is 3. The molecular formula is C20H13N5O. The molecule has 4 rings (SSSR count). The van der Waals surface area contributed by atoms with Gasteiger partial charge in [-0.05, 0) is 36.4 Å². The predicted molar refractivity (Wildman–Crippen MR) is 99.8 cm³/mol. The van der Waals surface area contributed by atoms with E-state index in [-0.39, 0.29) is 0 Å². The first-order valence-corrected chi connectivity index (χ1v) is 7.89. The number of hydrogen-bond donors (Lipinski definition) is 2. The van der Waals surface area contributed by atoms with Crippen LogP contribution < -0.4 is 5.73 Å². The van der Waals surface area contributed by atoms with E-state index < -0.39 is 5.91 Å². The Labute approximate surface area is 148 Å². The first-order chi connectivity index (χ1) is 12.6. The van der Waals surface area contributed by atoms with Gasteiger partial charge in [0.1, 0.15) is 5.65 Å². The number of carbonyl (C=O) groups is 1. The van der Waals surface area contributed by atoms with Crippen molar-refractivity contribution in [1.29, 1.82) is 5.26 Å². The molecule has 124 valence electrons. The van der Waals surface area contributed by atoms with Crippen molar-refractivity contribution in [2.75, 3.05) is 0 Å². The molecule has 0 aliphatic heterocycles. The SMILES string of the molecule is N#Cc1ccc2ncc(-c3cnc4[nH]cc(C=CC(N)=O)c4c3)cc2c1. The summed E-state index contributed by atoms with van der Waals surface area (Å²) in [6, 6.07) is 11.5. The van der Waals surface area contributed by atoms with Crippen LogP contribution in [0.2, 0.25) is 0 Å². The van der Waals surface area contributed by atoms with Crippen LogP contribution in [0.25, 0.3) is 39.1 Å². The van der Waals surface area contributed by atoms with Crippen LogP contribution in [0.5, 0.6) is 0 Å². The summed E-state index contributed by atoms with van der Waals surface area (Å²) in [6.45, 7) is 0. The highest BCUT2D eigenvalue weighted by Gasteiger charge is 2.07. The number of aromatic nitrogens is 3. The predicted octanol–water partition coefficient (Wildman–Crippen LogP) is 3.15. The van der Waals surface area contributed by atoms with Crippen molar-refractivity contribution in [3.05, 3.63) is 66.1 Å². The Morgan fingerprint density at radius 2 is 1.96 bits per heavy atom. The van der Waals surface area contributed by atoms with Crippen LogP contribution in [0, 0.1) is 11.3 Å². The maximum atomic E-state index is 11.0. The number of fused-ring (bicyclic) bond motifs is 2. The van der Waals surface area contributed by atoms with Crippen LogP contribution >= 0.6 is 0 Å². The number of rotatable bonds is 3. The summed E-state index contributed by atoms with van der Waals surface area (Å²) in [4.78, 5) is 22.9. The Morgan fingerprint density at radius 1 is 1.15 bits per heavy atom. The zero-order chi connectivity index (χ0) is 18.1. The van der Waals surface area contributed by atoms with E-state index in [1.54, 1.807) is 30.7 Å². The lowest BCUT2D eigenvalue weighted by Gasteiger charge is -2.04. The molecule has 0 atom stereocenters. The fourth-order valence-corrected chi connectivity index (χ4v) is 2.85. The van der Waals surface area contributed by atoms with Crippen molar-refractivity contribution in [3.63, 3.8) is 0 Å². The number of aromatic amines is 1. The number of nitrogens with two attached hydrogens (primary N) is 1. The number of nitrogens with one attached hydrogen (secondary N) is 1. The van der Waals surface area contributed by atoms with Crippen molar-refractivity contribution >= 4 is 33.9 Å². The molecule has 3 aromatic heterocycles. The van der Waals surface area contributed by atoms with Crippen molar-refractivity contribution in [3.8, 4) is 17.2 Å². The summed E-state index contributed by atoms with van der Waals surface area (Å²) >= 11 is 0. The van der Waals surface area contributed by atoms with Gasteiger partial charge in [0.2, 0.25) is 5.91 Å². The summed E-state index contributed by atoms with van der Waals surface area (Å²) in [7, 11) is 0. The molecule has 6 heteroatoms. The van der Waals surface area contributed by atoms with E-state index >= 15 is 0 Å². The first kappa shape index (κ1) is 15.5. The molecule has 4 aromatic rings. The molecule has 6 nitrogen and oxygen atoms in total. The second-order valence-electron chi connectivity index (χ2n) is 5.84. The number of H-pyrrole nitrogens is 1. The lowest BCUT2D eigenvalue weighted by atomic mass is 10.0. The van der Waals surface area contributed by atoms with Gasteiger partial charge in [-0.2, -0.15) is 5.26 Å². The van der Waals surface area contributed by atoms with Gasteiger partial charge in [0.25, 0.3) is 0 Å². The van der Waals surface area contributed by atoms with Gasteiger partial charge >= 0.3 is 0 Å². The third-order valence-corrected chi connectivity index (χ3v) is 4.13. The zero-order valence-electron chi connectivity index (χ0n) is 13.6. The average Bonchev–Trinajstić information content (AvgIpc) is 3.07. The fraction of sp³-hybridized carbons (Fsp3) is 0. The molecule has 1 amide bonds. The van der Waals surface area contributed by atoms with Gasteiger partial charge in [-0.25, -0.2) is 4.98 Å². The monoisotopic (exact) mass is 339 g/mol. The number of nitriles is 1. The lowest BCUT2D eigenvalue weighted by Crippen LogP contribution is -2.04. The Kier molecular flexibility index (Phi) is 3.67. The molecule has 0 radical (unpaired) electrons. The number of hydrogen-bond acceptors (Lipinski definition) is 4. The van der Waals surface area contributed by atoms with Gasteiger partial charge < -0.3 is 10.7 Å². The minimum Gasteiger partial charge on any atom is -0.366 e. The third kappa shape index (κ3) is 2.78. The maximum absolute atomic E-state index is 11.0. The van der Waals surface area contributed by atoms with E-state index in [2.05, 4.69) is 21.0 Å². The number of amides is 1. The van der Waals surface area contributed by atoms with Crippen LogP contribution in [0.3, 0.4) is 0 Å². The van der Waals surface area contributed by atoms with Gasteiger partial charge in [-0.1, -0.05) is 0 Å². The Hall–Kier alpha value is -3.98. The number of primary amides is 1. The summed E-state index contributed by atoms with van der Waals surface area (Å²) in [5, 5.41) is 10.8. The van der Waals surface area contributed by atoms with Crippen LogP contribution in [0.15, 0.2) is 55.0 Å². The first-order valence-electron chi connectivity index (χ1n) is 7.89. The standard InChI is InChI=1S/C20H13N5O/c21-8-12-1-3-18-14(5-12)6-15(10-23-18)16-7-17-13(2-4-19(22)26)9-24-20(17)25-11-16/h1-7,9-11H,(H2,22,26)(H,24,25). The quantitative estimate of drug-likeness (QED) is 0.559. The van der Waals surface area contributed by atoms with Crippen molar-refractivity contribution in [2.24, 2.45) is 5.73 Å². The van der Waals surface area contributed by atoms with Crippen molar-refractivity contribution < 1.29 is 4.79 Å². The van der Waals surface area contributed by atoms with E-state index in [4.69, 9.17) is 11.0 Å². The van der Waals surface area contributed by atoms with E-state index in [0.717, 1.165) is 38.6 Å². The largest absolute Gasteiger partial charge is 0.366 e. The van der Waals surface area contributed by atoms with Gasteiger partial charge in [-0.3, -0.25) is 9.78 Å². The molecule has 0 aliphatic carbocycles. The lowest BCUT2D eigenvalue weighted by molar-refractivity contribution is -0.113. The minimum absolute atomic E-state index is 0.504. The highest BCUT2D eigenvalue weighted by Crippen LogP contribution is 2.27. The highest BCUT2D eigenvalue weighted by molar-refractivity contribution is 5.96. The number of pyridine rings is 2. The summed E-state index contributed by atoms with van der Waals surface area (Å²) < 4.78 is 0. The molecular weight excluding hydrogens is 326 g/mol. The molecule has 0 fully saturated rings. The van der Waals surface area contributed by atoms with Gasteiger partial charge in [0, 0.05) is 52.1 Å². The second kappa shape index (κ2) is 6.15. The third-order valence-electron chi connectivity index (χ3n) is 4.13. The topological polar surface area (TPSA) is 108 Å². The van der Waals surface area contributed by atoms with Gasteiger partial charge in [0.15, 0.2) is 0 Å². The zero-order valence-corrected chi connectivity index (χ0v) is 13.6. The molecule has 26 heavy (non-hydrogen) atoms. The molecule has 1 aromatic carbocycles. The van der Waals surface area contributed by atoms with Crippen molar-refractivity contribution in [2.45, 2.75) is 0 Å². The molecule has 0 saturated carbocycles. The minimum atomic E-state index is -0.504. The molecule has 0 bridgehead atoms. The van der Waals surface area contributed by atoms with Crippen LogP contribution in [0.4, 0.5) is 0 Å². The van der Waals surface area contributed by atoms with Crippen LogP contribution in [-0.4, -0.2) is 20.9 Å². The summed E-state index contributed by atoms with van der Waals surface area (Å²) in [5.74, 6) is -0.504. The molecule has 0 aliphatic rings. The van der Waals surface area contributed by atoms with Gasteiger partial charge in [0.05, 0.1) is 17.1 Å². The normalized spacial score (nSPS) is 11.2. The van der Waals surface area contributed by atoms with Crippen molar-refractivity contribution in [1.82, 2.24) is 15.0 Å². The molecule has 0 spiro atoms. The van der Waals surface area contributed by atoms with E-state index in [0.29, 0.717) is 5.56 Å². The molecule has 0 saturated heterocycles. The highest BCUT2D eigenvalue weighted by atomic mass is 16.1. The summed E-state index contributed by atoms with van der Waals surface area (Å²) in [5.41, 5.74) is 9.92. The Balaban J connectivity index is 1.83. The molecule has 3 heterocycles.